The number of rotatable bonds is 1. The van der Waals surface area contributed by atoms with Crippen LogP contribution in [0.25, 0.3) is 0 Å². The minimum atomic E-state index is -4.83. The molecule has 0 saturated carbocycles. The van der Waals surface area contributed by atoms with Gasteiger partial charge in [0.25, 0.3) is 0 Å². The quantitative estimate of drug-likeness (QED) is 0.536. The van der Waals surface area contributed by atoms with Crippen molar-refractivity contribution in [2.75, 3.05) is 0 Å². The first-order chi connectivity index (χ1) is 4.91. The van der Waals surface area contributed by atoms with Crippen molar-refractivity contribution in [2.24, 2.45) is 0 Å². The Kier molecular flexibility index (Phi) is 2.91. The second-order valence-corrected chi connectivity index (χ2v) is 5.46. The summed E-state index contributed by atoms with van der Waals surface area (Å²) in [7, 11) is 0. The minimum Gasteiger partial charge on any atom is -0.444 e. The van der Waals surface area contributed by atoms with Gasteiger partial charge in [0.15, 0.2) is 0 Å². The molecule has 62 valence electrons. The average molecular weight is 356 g/mol. The first-order valence-corrected chi connectivity index (χ1v) is 5.25. The molecule has 0 aromatic carbocycles. The third-order valence-electron chi connectivity index (χ3n) is 0.980. The normalized spacial score (nSPS) is 12.1. The molecule has 1 rings (SSSR count). The van der Waals surface area contributed by atoms with Crippen LogP contribution in [0.15, 0.2) is 9.85 Å². The van der Waals surface area contributed by atoms with Gasteiger partial charge in [-0.15, -0.1) is 0 Å². The van der Waals surface area contributed by atoms with E-state index in [4.69, 9.17) is 0 Å². The summed E-state index contributed by atoms with van der Waals surface area (Å²) in [5, 5.41) is 0. The van der Waals surface area contributed by atoms with E-state index in [1.807, 2.05) is 0 Å². The number of halogens is 5. The predicted octanol–water partition coefficient (Wildman–Crippen LogP) is 3.17. The SMILES string of the molecule is F[B-](F)(F)c1sc(Br)cc1I. The van der Waals surface area contributed by atoms with Crippen LogP contribution >= 0.6 is 49.9 Å². The van der Waals surface area contributed by atoms with Crippen LogP contribution in [-0.4, -0.2) is 6.98 Å². The van der Waals surface area contributed by atoms with E-state index in [-0.39, 0.29) is 3.57 Å². The monoisotopic (exact) mass is 355 g/mol. The van der Waals surface area contributed by atoms with Crippen molar-refractivity contribution < 1.29 is 12.9 Å². The summed E-state index contributed by atoms with van der Waals surface area (Å²) >= 11 is 5.41. The second-order valence-electron chi connectivity index (χ2n) is 1.84. The molecule has 1 aromatic rings. The summed E-state index contributed by atoms with van der Waals surface area (Å²) < 4.78 is 36.6. The molecule has 0 atom stereocenters. The standard InChI is InChI=1S/C4HBBrF3IS/c6-3-1-2(10)4(11-3)5(7,8)9/h1H/q-1. The largest absolute Gasteiger partial charge is 0.520 e. The van der Waals surface area contributed by atoms with Crippen LogP contribution < -0.4 is 4.78 Å². The second kappa shape index (κ2) is 3.25. The van der Waals surface area contributed by atoms with Crippen molar-refractivity contribution in [3.8, 4) is 0 Å². The highest BCUT2D eigenvalue weighted by atomic mass is 127. The lowest BCUT2D eigenvalue weighted by Crippen LogP contribution is -2.33. The number of thiophene rings is 1. The highest BCUT2D eigenvalue weighted by Crippen LogP contribution is 2.25. The van der Waals surface area contributed by atoms with Crippen molar-refractivity contribution in [3.63, 3.8) is 0 Å². The van der Waals surface area contributed by atoms with Crippen molar-refractivity contribution in [3.05, 3.63) is 13.4 Å². The summed E-state index contributed by atoms with van der Waals surface area (Å²) in [6.07, 6.45) is 0. The van der Waals surface area contributed by atoms with E-state index in [0.29, 0.717) is 3.79 Å². The lowest BCUT2D eigenvalue weighted by atomic mass is 9.90. The molecule has 0 nitrogen and oxygen atoms in total. The summed E-state index contributed by atoms with van der Waals surface area (Å²) in [6, 6.07) is 1.47. The van der Waals surface area contributed by atoms with E-state index < -0.39 is 11.8 Å². The van der Waals surface area contributed by atoms with Gasteiger partial charge < -0.3 is 12.9 Å². The van der Waals surface area contributed by atoms with Crippen LogP contribution in [0, 0.1) is 3.57 Å². The van der Waals surface area contributed by atoms with Gasteiger partial charge in [0.05, 0.1) is 3.79 Å². The van der Waals surface area contributed by atoms with Gasteiger partial charge >= 0.3 is 6.98 Å². The third kappa shape index (κ3) is 2.35. The summed E-state index contributed by atoms with van der Waals surface area (Å²) in [5.41, 5.74) is 0. The van der Waals surface area contributed by atoms with Gasteiger partial charge in [0.1, 0.15) is 0 Å². The maximum absolute atomic E-state index is 12.1. The van der Waals surface area contributed by atoms with Crippen molar-refractivity contribution in [1.82, 2.24) is 0 Å². The van der Waals surface area contributed by atoms with Crippen LogP contribution in [0.3, 0.4) is 0 Å². The fourth-order valence-corrected chi connectivity index (χ4v) is 3.64. The molecule has 1 aromatic heterocycles. The molecule has 0 bridgehead atoms. The molecule has 7 heteroatoms. The van der Waals surface area contributed by atoms with Gasteiger partial charge in [-0.05, 0) is 52.9 Å². The molecule has 1 heterocycles. The Morgan fingerprint density at radius 3 is 2.18 bits per heavy atom. The highest BCUT2D eigenvalue weighted by Gasteiger charge is 2.29. The maximum Gasteiger partial charge on any atom is 0.520 e. The number of hydrogen-bond donors (Lipinski definition) is 0. The zero-order chi connectivity index (χ0) is 8.65. The third-order valence-corrected chi connectivity index (χ3v) is 3.97. The highest BCUT2D eigenvalue weighted by molar-refractivity contribution is 14.1. The molecule has 0 aliphatic carbocycles. The Morgan fingerprint density at radius 2 is 2.00 bits per heavy atom. The molecule has 0 fully saturated rings. The first kappa shape index (κ1) is 9.85. The van der Waals surface area contributed by atoms with Crippen molar-refractivity contribution in [1.29, 1.82) is 0 Å². The number of hydrogen-bond acceptors (Lipinski definition) is 1. The predicted molar refractivity (Wildman–Crippen MR) is 53.4 cm³/mol. The molecular formula is C4HBBrF3IS-. The minimum absolute atomic E-state index is 0.270. The van der Waals surface area contributed by atoms with Gasteiger partial charge in [0, 0.05) is 0 Å². The van der Waals surface area contributed by atoms with Gasteiger partial charge in [-0.1, -0.05) is 0 Å². The average Bonchev–Trinajstić information content (AvgIpc) is 2.08. The fraction of sp³-hybridized carbons (Fsp3) is 0. The van der Waals surface area contributed by atoms with Gasteiger partial charge in [-0.25, -0.2) is 0 Å². The Labute approximate surface area is 87.5 Å². The molecule has 11 heavy (non-hydrogen) atoms. The lowest BCUT2D eigenvalue weighted by molar-refractivity contribution is 0.502. The van der Waals surface area contributed by atoms with Crippen LogP contribution in [0.2, 0.25) is 0 Å². The van der Waals surface area contributed by atoms with E-state index in [2.05, 4.69) is 15.9 Å². The van der Waals surface area contributed by atoms with Crippen LogP contribution in [-0.2, 0) is 0 Å². The van der Waals surface area contributed by atoms with E-state index in [9.17, 15) is 12.9 Å². The van der Waals surface area contributed by atoms with Crippen molar-refractivity contribution in [2.45, 2.75) is 0 Å². The van der Waals surface area contributed by atoms with E-state index in [1.165, 1.54) is 6.07 Å². The molecule has 0 spiro atoms. The fourth-order valence-electron chi connectivity index (χ4n) is 0.577. The molecule has 0 aliphatic rings. The Bertz CT molecular complexity index is 271. The smallest absolute Gasteiger partial charge is 0.444 e. The van der Waals surface area contributed by atoms with E-state index >= 15 is 0 Å². The Balaban J connectivity index is 3.13. The van der Waals surface area contributed by atoms with Crippen LogP contribution in [0.4, 0.5) is 12.9 Å². The van der Waals surface area contributed by atoms with Crippen molar-refractivity contribution >= 4 is 61.6 Å². The first-order valence-electron chi connectivity index (χ1n) is 2.56. The Hall–Kier alpha value is 0.765. The molecular weight excluding hydrogens is 355 g/mol. The van der Waals surface area contributed by atoms with Gasteiger partial charge in [-0.2, -0.15) is 11.3 Å². The Morgan fingerprint density at radius 1 is 1.45 bits per heavy atom. The topological polar surface area (TPSA) is 0 Å². The van der Waals surface area contributed by atoms with Crippen LogP contribution in [0.1, 0.15) is 0 Å². The molecule has 0 radical (unpaired) electrons. The van der Waals surface area contributed by atoms with Crippen LogP contribution in [0.5, 0.6) is 0 Å². The summed E-state index contributed by atoms with van der Waals surface area (Å²) in [6.45, 7) is -4.83. The van der Waals surface area contributed by atoms with Gasteiger partial charge in [0.2, 0.25) is 0 Å². The molecule has 0 saturated heterocycles. The zero-order valence-electron chi connectivity index (χ0n) is 4.95. The maximum atomic E-state index is 12.1. The lowest BCUT2D eigenvalue weighted by Gasteiger charge is -2.11. The summed E-state index contributed by atoms with van der Waals surface area (Å²) in [5.74, 6) is 0. The molecule has 0 amide bonds. The van der Waals surface area contributed by atoms with E-state index in [1.54, 1.807) is 22.6 Å². The summed E-state index contributed by atoms with van der Waals surface area (Å²) in [4.78, 5) is 0. The van der Waals surface area contributed by atoms with Gasteiger partial charge in [-0.3, -0.25) is 0 Å². The zero-order valence-corrected chi connectivity index (χ0v) is 9.51. The molecule has 0 unspecified atom stereocenters. The van der Waals surface area contributed by atoms with E-state index in [0.717, 1.165) is 11.3 Å². The molecule has 0 N–H and O–H groups in total. The molecule has 0 aliphatic heterocycles.